The highest BCUT2D eigenvalue weighted by Gasteiger charge is 2.37. The Kier molecular flexibility index (Phi) is 9.92. The molecule has 47 heavy (non-hydrogen) atoms. The number of rotatable bonds is 11. The van der Waals surface area contributed by atoms with Crippen LogP contribution in [0.4, 0.5) is 38.1 Å². The minimum atomic E-state index is -4.99. The highest BCUT2D eigenvalue weighted by molar-refractivity contribution is 5.82. The molecule has 2 aromatic carbocycles. The summed E-state index contributed by atoms with van der Waals surface area (Å²) in [6.45, 7) is 2.86. The van der Waals surface area contributed by atoms with Crippen LogP contribution in [-0.4, -0.2) is 49.4 Å². The van der Waals surface area contributed by atoms with Crippen molar-refractivity contribution in [3.05, 3.63) is 70.8 Å². The number of aliphatic carboxylic acids is 1. The Hall–Kier alpha value is -4.43. The van der Waals surface area contributed by atoms with E-state index in [0.29, 0.717) is 42.5 Å². The maximum Gasteiger partial charge on any atom is 0.416 e. The molecule has 0 saturated heterocycles. The van der Waals surface area contributed by atoms with Crippen molar-refractivity contribution >= 4 is 28.6 Å². The van der Waals surface area contributed by atoms with Gasteiger partial charge in [0.25, 0.3) is 5.95 Å². The molecule has 0 radical (unpaired) electrons. The molecule has 9 nitrogen and oxygen atoms in total. The molecular weight excluding hydrogens is 628 g/mol. The number of halogens is 6. The molecule has 0 bridgehead atoms. The van der Waals surface area contributed by atoms with Gasteiger partial charge in [-0.05, 0) is 85.6 Å². The Morgan fingerprint density at radius 2 is 1.55 bits per heavy atom. The van der Waals surface area contributed by atoms with Gasteiger partial charge in [0, 0.05) is 43.5 Å². The quantitative estimate of drug-likeness (QED) is 0.170. The van der Waals surface area contributed by atoms with Gasteiger partial charge in [0.1, 0.15) is 5.82 Å². The first-order valence-electron chi connectivity index (χ1n) is 15.3. The highest BCUT2D eigenvalue weighted by atomic mass is 19.4. The first-order valence-corrected chi connectivity index (χ1v) is 15.3. The van der Waals surface area contributed by atoms with E-state index in [2.05, 4.69) is 20.3 Å². The van der Waals surface area contributed by atoms with Crippen LogP contribution in [0.15, 0.2) is 48.5 Å². The van der Waals surface area contributed by atoms with E-state index in [0.717, 1.165) is 41.4 Å². The molecule has 0 aliphatic heterocycles. The second-order valence-electron chi connectivity index (χ2n) is 12.0. The summed E-state index contributed by atoms with van der Waals surface area (Å²) in [4.78, 5) is 21.0. The normalized spacial score (nSPS) is 17.2. The van der Waals surface area contributed by atoms with Gasteiger partial charge in [-0.15, -0.1) is 5.10 Å². The van der Waals surface area contributed by atoms with Crippen LogP contribution in [0.5, 0.6) is 0 Å². The molecular formula is C32H35F6N7O2. The number of hydrogen-bond acceptors (Lipinski definition) is 7. The second kappa shape index (κ2) is 13.7. The van der Waals surface area contributed by atoms with Crippen LogP contribution < -0.4 is 9.80 Å². The van der Waals surface area contributed by atoms with Crippen molar-refractivity contribution in [2.75, 3.05) is 22.9 Å². The van der Waals surface area contributed by atoms with Crippen LogP contribution in [-0.2, 0) is 37.3 Å². The van der Waals surface area contributed by atoms with E-state index in [1.54, 1.807) is 0 Å². The van der Waals surface area contributed by atoms with E-state index >= 15 is 0 Å². The number of aryl methyl sites for hydroxylation is 1. The van der Waals surface area contributed by atoms with Gasteiger partial charge in [0.05, 0.1) is 23.7 Å². The van der Waals surface area contributed by atoms with Crippen LogP contribution in [0.2, 0.25) is 0 Å². The number of benzene rings is 2. The molecule has 2 aromatic heterocycles. The molecule has 15 heteroatoms. The molecule has 0 atom stereocenters. The maximum atomic E-state index is 13.7. The van der Waals surface area contributed by atoms with Gasteiger partial charge in [-0.2, -0.15) is 31.1 Å². The van der Waals surface area contributed by atoms with E-state index in [-0.39, 0.29) is 43.0 Å². The number of hydrogen-bond donors (Lipinski definition) is 1. The number of carbonyl (C=O) groups is 1. The van der Waals surface area contributed by atoms with Crippen LogP contribution in [0.1, 0.15) is 61.3 Å². The van der Waals surface area contributed by atoms with Gasteiger partial charge in [-0.3, -0.25) is 4.79 Å². The molecule has 0 amide bonds. The maximum absolute atomic E-state index is 13.7. The first kappa shape index (κ1) is 33.9. The van der Waals surface area contributed by atoms with Gasteiger partial charge in [0.15, 0.2) is 0 Å². The van der Waals surface area contributed by atoms with Crippen molar-refractivity contribution in [1.29, 1.82) is 0 Å². The average Bonchev–Trinajstić information content (AvgIpc) is 3.45. The Bertz CT molecular complexity index is 1670. The number of anilines is 2. The molecule has 1 saturated carbocycles. The summed E-state index contributed by atoms with van der Waals surface area (Å²) in [5.74, 6) is 0.306. The van der Waals surface area contributed by atoms with E-state index in [1.807, 2.05) is 37.3 Å². The van der Waals surface area contributed by atoms with Crippen molar-refractivity contribution in [3.8, 4) is 0 Å². The van der Waals surface area contributed by atoms with Gasteiger partial charge < -0.3 is 14.9 Å². The Morgan fingerprint density at radius 1 is 0.915 bits per heavy atom. The molecule has 2 heterocycles. The van der Waals surface area contributed by atoms with E-state index in [1.165, 1.54) is 11.9 Å². The number of alkyl halides is 6. The monoisotopic (exact) mass is 663 g/mol. The zero-order valence-electron chi connectivity index (χ0n) is 25.9. The van der Waals surface area contributed by atoms with Gasteiger partial charge in [-0.25, -0.2) is 4.98 Å². The number of para-hydroxylation sites is 1. The summed E-state index contributed by atoms with van der Waals surface area (Å²) in [5.41, 5.74) is -1.62. The molecule has 0 spiro atoms. The van der Waals surface area contributed by atoms with Crippen LogP contribution in [0, 0.1) is 11.8 Å². The number of nitrogens with zero attached hydrogens (tertiary/aromatic N) is 7. The SMILES string of the molecule is CCN(C[C@H]1CC[C@H](CC(=O)O)CC1)c1nc2ccccc2cc1CN(Cc1cc(C(F)(F)F)cc(C(F)(F)F)c1)c1nnn(C)n1. The standard InChI is InChI=1S/C32H35F6N7O2/c1-3-44(17-21-10-8-20(9-11-21)14-28(46)47)29-24(15-23-6-4-5-7-27(23)39-29)19-45(30-40-42-43(2)41-30)18-22-12-25(31(33,34)35)16-26(13-22)32(36,37)38/h4-7,12-13,15-16,20-21H,3,8-11,14,17-19H2,1-2H3,(H,46,47)/t20-,21-. The third-order valence-corrected chi connectivity index (χ3v) is 8.53. The fourth-order valence-corrected chi connectivity index (χ4v) is 6.22. The molecule has 1 aliphatic carbocycles. The zero-order chi connectivity index (χ0) is 33.9. The average molecular weight is 664 g/mol. The molecule has 0 unspecified atom stereocenters. The summed E-state index contributed by atoms with van der Waals surface area (Å²) >= 11 is 0. The molecule has 1 N–H and O–H groups in total. The fourth-order valence-electron chi connectivity index (χ4n) is 6.22. The lowest BCUT2D eigenvalue weighted by Gasteiger charge is -2.34. The topological polar surface area (TPSA) is 100 Å². The van der Waals surface area contributed by atoms with E-state index in [4.69, 9.17) is 4.98 Å². The number of pyridine rings is 1. The molecule has 1 aliphatic rings. The summed E-state index contributed by atoms with van der Waals surface area (Å²) in [6, 6.07) is 10.9. The Labute approximate surface area is 267 Å². The largest absolute Gasteiger partial charge is 0.481 e. The van der Waals surface area contributed by atoms with Gasteiger partial charge >= 0.3 is 18.3 Å². The number of carboxylic acids is 1. The summed E-state index contributed by atoms with van der Waals surface area (Å²) in [6.07, 6.45) is -6.46. The van der Waals surface area contributed by atoms with Gasteiger partial charge in [0.2, 0.25) is 0 Å². The minimum absolute atomic E-state index is 0.0122. The van der Waals surface area contributed by atoms with Crippen LogP contribution in [0.25, 0.3) is 10.9 Å². The summed E-state index contributed by atoms with van der Waals surface area (Å²) in [5, 5.41) is 22.1. The van der Waals surface area contributed by atoms with Crippen molar-refractivity contribution in [1.82, 2.24) is 25.2 Å². The number of fused-ring (bicyclic) bond motifs is 1. The summed E-state index contributed by atoms with van der Waals surface area (Å²) < 4.78 is 82.1. The Morgan fingerprint density at radius 3 is 2.13 bits per heavy atom. The number of tetrazole rings is 1. The Balaban J connectivity index is 1.51. The van der Waals surface area contributed by atoms with Crippen molar-refractivity contribution in [2.45, 2.75) is 64.5 Å². The third-order valence-electron chi connectivity index (χ3n) is 8.53. The first-order chi connectivity index (χ1) is 22.2. The summed E-state index contributed by atoms with van der Waals surface area (Å²) in [7, 11) is 1.51. The molecule has 1 fully saturated rings. The molecule has 5 rings (SSSR count). The lowest BCUT2D eigenvalue weighted by molar-refractivity contribution is -0.143. The highest BCUT2D eigenvalue weighted by Crippen LogP contribution is 2.38. The smallest absolute Gasteiger partial charge is 0.416 e. The van der Waals surface area contributed by atoms with Crippen LogP contribution in [0.3, 0.4) is 0 Å². The molecule has 4 aromatic rings. The van der Waals surface area contributed by atoms with Crippen molar-refractivity contribution in [3.63, 3.8) is 0 Å². The lowest BCUT2D eigenvalue weighted by atomic mass is 9.80. The van der Waals surface area contributed by atoms with Gasteiger partial charge in [-0.1, -0.05) is 23.3 Å². The predicted octanol–water partition coefficient (Wildman–Crippen LogP) is 7.11. The van der Waals surface area contributed by atoms with Crippen molar-refractivity contribution in [2.24, 2.45) is 18.9 Å². The number of carboxylic acid groups (broad SMARTS) is 1. The van der Waals surface area contributed by atoms with E-state index < -0.39 is 29.4 Å². The zero-order valence-corrected chi connectivity index (χ0v) is 25.9. The third kappa shape index (κ3) is 8.49. The number of aromatic nitrogens is 5. The fraction of sp³-hybridized carbons (Fsp3) is 0.469. The van der Waals surface area contributed by atoms with Crippen molar-refractivity contribution < 1.29 is 36.2 Å². The minimum Gasteiger partial charge on any atom is -0.481 e. The second-order valence-corrected chi connectivity index (χ2v) is 12.0. The molecule has 252 valence electrons. The predicted molar refractivity (Wildman–Crippen MR) is 162 cm³/mol. The lowest BCUT2D eigenvalue weighted by Crippen LogP contribution is -2.34. The van der Waals surface area contributed by atoms with Crippen LogP contribution >= 0.6 is 0 Å². The van der Waals surface area contributed by atoms with E-state index in [9.17, 15) is 36.2 Å².